The lowest BCUT2D eigenvalue weighted by atomic mass is 10.3. The van der Waals surface area contributed by atoms with Crippen LogP contribution in [0.2, 0.25) is 0 Å². The van der Waals surface area contributed by atoms with E-state index in [2.05, 4.69) is 0 Å². The van der Waals surface area contributed by atoms with E-state index in [9.17, 15) is 12.8 Å². The molecule has 21 heavy (non-hydrogen) atoms. The molecule has 0 fully saturated rings. The van der Waals surface area contributed by atoms with Gasteiger partial charge in [-0.05, 0) is 24.6 Å². The monoisotopic (exact) mass is 320 g/mol. The molecule has 1 aromatic rings. The number of halogens is 1. The number of sulfonamides is 1. The zero-order valence-corrected chi connectivity index (χ0v) is 13.0. The number of ether oxygens (including phenoxy) is 2. The van der Waals surface area contributed by atoms with Gasteiger partial charge in [0.25, 0.3) is 0 Å². The minimum Gasteiger partial charge on any atom is -0.399 e. The molecule has 1 aromatic carbocycles. The average molecular weight is 320 g/mol. The van der Waals surface area contributed by atoms with Gasteiger partial charge in [-0.3, -0.25) is 0 Å². The fraction of sp³-hybridized carbons (Fsp3) is 0.538. The lowest BCUT2D eigenvalue weighted by Crippen LogP contribution is -2.35. The Hall–Kier alpha value is -1.22. The summed E-state index contributed by atoms with van der Waals surface area (Å²) in [6.45, 7) is 1.12. The van der Waals surface area contributed by atoms with Crippen LogP contribution in [0.25, 0.3) is 0 Å². The fourth-order valence-corrected chi connectivity index (χ4v) is 3.34. The van der Waals surface area contributed by atoms with Crippen molar-refractivity contribution in [2.45, 2.75) is 11.3 Å². The van der Waals surface area contributed by atoms with Gasteiger partial charge in [0, 0.05) is 39.6 Å². The Bertz CT molecular complexity index is 531. The average Bonchev–Trinajstić information content (AvgIpc) is 2.41. The molecule has 0 aliphatic rings. The number of rotatable bonds is 9. The molecule has 0 saturated heterocycles. The molecule has 0 saturated carbocycles. The third kappa shape index (κ3) is 5.24. The molecule has 0 amide bonds. The molecule has 0 aliphatic carbocycles. The molecule has 0 radical (unpaired) electrons. The fourth-order valence-electron chi connectivity index (χ4n) is 1.81. The zero-order valence-electron chi connectivity index (χ0n) is 12.2. The smallest absolute Gasteiger partial charge is 0.243 e. The van der Waals surface area contributed by atoms with Crippen LogP contribution in [0.15, 0.2) is 23.1 Å². The highest BCUT2D eigenvalue weighted by molar-refractivity contribution is 7.89. The number of anilines is 1. The van der Waals surface area contributed by atoms with E-state index in [0.29, 0.717) is 13.0 Å². The van der Waals surface area contributed by atoms with E-state index >= 15 is 0 Å². The molecular formula is C13H21FN2O4S. The van der Waals surface area contributed by atoms with Gasteiger partial charge >= 0.3 is 0 Å². The SMILES string of the molecule is COCCCN(CCOC)S(=O)(=O)c1cc(N)cc(F)c1. The van der Waals surface area contributed by atoms with Crippen molar-refractivity contribution in [3.05, 3.63) is 24.0 Å². The Labute approximate surface area is 124 Å². The standard InChI is InChI=1S/C13H21FN2O4S/c1-19-6-3-4-16(5-7-20-2)21(17,18)13-9-11(14)8-12(15)10-13/h8-10H,3-7,15H2,1-2H3. The first-order valence-corrected chi connectivity index (χ1v) is 7.90. The topological polar surface area (TPSA) is 81.9 Å². The molecule has 6 nitrogen and oxygen atoms in total. The summed E-state index contributed by atoms with van der Waals surface area (Å²) in [7, 11) is -0.792. The lowest BCUT2D eigenvalue weighted by molar-refractivity contribution is 0.164. The van der Waals surface area contributed by atoms with Crippen molar-refractivity contribution in [2.24, 2.45) is 0 Å². The minimum atomic E-state index is -3.82. The molecule has 0 aromatic heterocycles. The van der Waals surface area contributed by atoms with Crippen molar-refractivity contribution in [1.29, 1.82) is 0 Å². The first-order chi connectivity index (χ1) is 9.91. The third-order valence-corrected chi connectivity index (χ3v) is 4.71. The van der Waals surface area contributed by atoms with Crippen LogP contribution in [0.5, 0.6) is 0 Å². The zero-order chi connectivity index (χ0) is 15.9. The Kier molecular flexibility index (Phi) is 7.03. The second-order valence-corrected chi connectivity index (χ2v) is 6.40. The van der Waals surface area contributed by atoms with E-state index < -0.39 is 15.8 Å². The highest BCUT2D eigenvalue weighted by atomic mass is 32.2. The van der Waals surface area contributed by atoms with Gasteiger partial charge < -0.3 is 15.2 Å². The van der Waals surface area contributed by atoms with Crippen LogP contribution in [-0.4, -0.2) is 53.2 Å². The van der Waals surface area contributed by atoms with E-state index in [0.717, 1.165) is 12.1 Å². The summed E-state index contributed by atoms with van der Waals surface area (Å²) in [6.07, 6.45) is 0.532. The van der Waals surface area contributed by atoms with Gasteiger partial charge in [0.1, 0.15) is 5.82 Å². The van der Waals surface area contributed by atoms with Crippen LogP contribution in [0.3, 0.4) is 0 Å². The van der Waals surface area contributed by atoms with Gasteiger partial charge in [-0.25, -0.2) is 12.8 Å². The number of nitrogens with zero attached hydrogens (tertiary/aromatic N) is 1. The molecular weight excluding hydrogens is 299 g/mol. The molecule has 0 heterocycles. The van der Waals surface area contributed by atoms with Crippen molar-refractivity contribution in [3.63, 3.8) is 0 Å². The molecule has 8 heteroatoms. The number of hydrogen-bond donors (Lipinski definition) is 1. The molecule has 120 valence electrons. The van der Waals surface area contributed by atoms with Gasteiger partial charge in [0.15, 0.2) is 0 Å². The van der Waals surface area contributed by atoms with Crippen molar-refractivity contribution in [3.8, 4) is 0 Å². The molecule has 0 aliphatic heterocycles. The van der Waals surface area contributed by atoms with Crippen LogP contribution in [0, 0.1) is 5.82 Å². The summed E-state index contributed by atoms with van der Waals surface area (Å²) >= 11 is 0. The summed E-state index contributed by atoms with van der Waals surface area (Å²) in [5.74, 6) is -0.683. The van der Waals surface area contributed by atoms with Crippen LogP contribution >= 0.6 is 0 Å². The number of nitrogens with two attached hydrogens (primary N) is 1. The highest BCUT2D eigenvalue weighted by Gasteiger charge is 2.24. The van der Waals surface area contributed by atoms with E-state index in [4.69, 9.17) is 15.2 Å². The van der Waals surface area contributed by atoms with Crippen LogP contribution in [0.1, 0.15) is 6.42 Å². The Morgan fingerprint density at radius 2 is 1.81 bits per heavy atom. The Morgan fingerprint density at radius 3 is 2.38 bits per heavy atom. The second-order valence-electron chi connectivity index (χ2n) is 4.46. The number of hydrogen-bond acceptors (Lipinski definition) is 5. The van der Waals surface area contributed by atoms with E-state index in [1.165, 1.54) is 17.5 Å². The van der Waals surface area contributed by atoms with E-state index in [1.54, 1.807) is 7.11 Å². The number of nitrogen functional groups attached to an aromatic ring is 1. The first-order valence-electron chi connectivity index (χ1n) is 6.46. The summed E-state index contributed by atoms with van der Waals surface area (Å²) in [4.78, 5) is -0.159. The molecule has 1 rings (SSSR count). The van der Waals surface area contributed by atoms with Crippen LogP contribution in [-0.2, 0) is 19.5 Å². The van der Waals surface area contributed by atoms with Crippen molar-refractivity contribution in [1.82, 2.24) is 4.31 Å². The van der Waals surface area contributed by atoms with Gasteiger partial charge in [-0.2, -0.15) is 4.31 Å². The first kappa shape index (κ1) is 17.8. The molecule has 2 N–H and O–H groups in total. The maximum atomic E-state index is 13.4. The predicted molar refractivity (Wildman–Crippen MR) is 77.9 cm³/mol. The Morgan fingerprint density at radius 1 is 1.14 bits per heavy atom. The van der Waals surface area contributed by atoms with Crippen molar-refractivity contribution < 1.29 is 22.3 Å². The predicted octanol–water partition coefficient (Wildman–Crippen LogP) is 1.08. The van der Waals surface area contributed by atoms with Gasteiger partial charge in [0.2, 0.25) is 10.0 Å². The van der Waals surface area contributed by atoms with Crippen LogP contribution in [0.4, 0.5) is 10.1 Å². The largest absolute Gasteiger partial charge is 0.399 e. The summed E-state index contributed by atoms with van der Waals surface area (Å²) in [6, 6.07) is 3.28. The summed E-state index contributed by atoms with van der Waals surface area (Å²) < 4.78 is 49.5. The van der Waals surface area contributed by atoms with E-state index in [-0.39, 0.29) is 30.3 Å². The van der Waals surface area contributed by atoms with E-state index in [1.807, 2.05) is 0 Å². The van der Waals surface area contributed by atoms with Crippen LogP contribution < -0.4 is 5.73 Å². The van der Waals surface area contributed by atoms with Gasteiger partial charge in [0.05, 0.1) is 11.5 Å². The van der Waals surface area contributed by atoms with Crippen molar-refractivity contribution in [2.75, 3.05) is 46.3 Å². The maximum absolute atomic E-state index is 13.4. The number of methoxy groups -OCH3 is 2. The minimum absolute atomic E-state index is 0.0668. The summed E-state index contributed by atoms with van der Waals surface area (Å²) in [5.41, 5.74) is 5.58. The Balaban J connectivity index is 3.01. The molecule has 0 atom stereocenters. The van der Waals surface area contributed by atoms with Gasteiger partial charge in [-0.15, -0.1) is 0 Å². The lowest BCUT2D eigenvalue weighted by Gasteiger charge is -2.22. The normalized spacial score (nSPS) is 12.0. The quantitative estimate of drug-likeness (QED) is 0.544. The van der Waals surface area contributed by atoms with Crippen molar-refractivity contribution >= 4 is 15.7 Å². The second kappa shape index (κ2) is 8.28. The third-order valence-electron chi connectivity index (χ3n) is 2.83. The molecule has 0 unspecified atom stereocenters. The molecule has 0 spiro atoms. The highest BCUT2D eigenvalue weighted by Crippen LogP contribution is 2.20. The molecule has 0 bridgehead atoms. The maximum Gasteiger partial charge on any atom is 0.243 e. The summed E-state index contributed by atoms with van der Waals surface area (Å²) in [5, 5.41) is 0. The van der Waals surface area contributed by atoms with Gasteiger partial charge in [-0.1, -0.05) is 0 Å². The number of benzene rings is 1.